The van der Waals surface area contributed by atoms with E-state index >= 15 is 0 Å². The molecule has 1 amide bonds. The summed E-state index contributed by atoms with van der Waals surface area (Å²) >= 11 is 0. The van der Waals surface area contributed by atoms with E-state index in [4.69, 9.17) is 4.74 Å². The van der Waals surface area contributed by atoms with Gasteiger partial charge in [0.2, 0.25) is 5.91 Å². The molecule has 0 atom stereocenters. The lowest BCUT2D eigenvalue weighted by Crippen LogP contribution is -2.25. The first kappa shape index (κ1) is 16.4. The molecule has 0 aliphatic heterocycles. The minimum Gasteiger partial charge on any atom is -0.379 e. The van der Waals surface area contributed by atoms with Gasteiger partial charge in [-0.15, -0.1) is 0 Å². The van der Waals surface area contributed by atoms with Gasteiger partial charge in [-0.2, -0.15) is 0 Å². The van der Waals surface area contributed by atoms with Gasteiger partial charge in [0, 0.05) is 21.0 Å². The summed E-state index contributed by atoms with van der Waals surface area (Å²) in [6, 6.07) is 0. The Hall–Kier alpha value is -0.570. The number of nitrogens with one attached hydrogen (secondary N) is 1. The molecule has 104 valence electrons. The lowest BCUT2D eigenvalue weighted by molar-refractivity contribution is -0.121. The zero-order chi connectivity index (χ0) is 13.1. The van der Waals surface area contributed by atoms with E-state index in [1.807, 2.05) is 0 Å². The molecule has 0 aliphatic carbocycles. The summed E-state index contributed by atoms with van der Waals surface area (Å²) in [7, 11) is 0. The largest absolute Gasteiger partial charge is 0.379 e. The van der Waals surface area contributed by atoms with Crippen molar-refractivity contribution in [2.45, 2.75) is 65.9 Å². The molecule has 0 rings (SSSR count). The van der Waals surface area contributed by atoms with Crippen molar-refractivity contribution in [2.24, 2.45) is 5.92 Å². The topological polar surface area (TPSA) is 38.3 Å². The molecule has 3 heteroatoms. The maximum Gasteiger partial charge on any atom is 0.220 e. The van der Waals surface area contributed by atoms with Crippen molar-refractivity contribution in [3.05, 3.63) is 0 Å². The van der Waals surface area contributed by atoms with Crippen molar-refractivity contribution in [1.82, 2.24) is 5.32 Å². The summed E-state index contributed by atoms with van der Waals surface area (Å²) < 4.78 is 5.46. The van der Waals surface area contributed by atoms with Crippen LogP contribution < -0.4 is 5.32 Å². The van der Waals surface area contributed by atoms with Crippen LogP contribution >= 0.6 is 0 Å². The summed E-state index contributed by atoms with van der Waals surface area (Å²) in [4.78, 5) is 11.3. The van der Waals surface area contributed by atoms with Crippen molar-refractivity contribution in [2.75, 3.05) is 13.2 Å². The number of ether oxygens (including phenoxy) is 1. The van der Waals surface area contributed by atoms with E-state index in [1.165, 1.54) is 12.8 Å². The lowest BCUT2D eigenvalue weighted by Gasteiger charge is -2.08. The van der Waals surface area contributed by atoms with Crippen LogP contribution in [-0.4, -0.2) is 25.2 Å². The molecule has 0 aliphatic rings. The molecule has 0 saturated heterocycles. The van der Waals surface area contributed by atoms with Gasteiger partial charge in [-0.25, -0.2) is 0 Å². The normalized spacial score (nSPS) is 11.2. The Morgan fingerprint density at radius 3 is 2.35 bits per heavy atom. The van der Waals surface area contributed by atoms with Gasteiger partial charge in [0.15, 0.2) is 0 Å². The molecule has 0 bridgehead atoms. The lowest BCUT2D eigenvalue weighted by atomic mass is 10.1. The fourth-order valence-corrected chi connectivity index (χ4v) is 1.57. The zero-order valence-electron chi connectivity index (χ0n) is 11.9. The molecule has 0 radical (unpaired) electrons. The number of amides is 1. The van der Waals surface area contributed by atoms with E-state index in [-0.39, 0.29) is 7.33 Å². The summed E-state index contributed by atoms with van der Waals surface area (Å²) in [5.41, 5.74) is 0. The van der Waals surface area contributed by atoms with Crippen LogP contribution in [0.25, 0.3) is 0 Å². The molecule has 0 aromatic rings. The second-order valence-corrected chi connectivity index (χ2v) is 5.28. The van der Waals surface area contributed by atoms with Gasteiger partial charge in [0.25, 0.3) is 0 Å². The third-order valence-electron chi connectivity index (χ3n) is 2.44. The molecule has 0 fully saturated rings. The smallest absolute Gasteiger partial charge is 0.220 e. The number of rotatable bonds is 10. The fourth-order valence-electron chi connectivity index (χ4n) is 1.57. The highest BCUT2D eigenvalue weighted by atomic mass is 16.5. The van der Waals surface area contributed by atoms with Gasteiger partial charge in [-0.05, 0) is 32.6 Å². The van der Waals surface area contributed by atoms with E-state index in [9.17, 15) is 4.79 Å². The standard InChI is InChI=1S/C14H29NO2.H2/c1-12(2)11-14(16)15-9-7-5-6-8-10-17-13(3)4;/h12-13H,5-11H2,1-4H3,(H,15,16);1H. The van der Waals surface area contributed by atoms with E-state index in [0.717, 1.165) is 26.0 Å². The average molecular weight is 245 g/mol. The minimum absolute atomic E-state index is 0. The van der Waals surface area contributed by atoms with E-state index in [1.54, 1.807) is 0 Å². The third-order valence-corrected chi connectivity index (χ3v) is 2.44. The van der Waals surface area contributed by atoms with Gasteiger partial charge in [0.05, 0.1) is 6.10 Å². The number of unbranched alkanes of at least 4 members (excludes halogenated alkanes) is 3. The van der Waals surface area contributed by atoms with E-state index in [0.29, 0.717) is 18.4 Å². The SMILES string of the molecule is CC(C)CC(=O)NCCCCCCOC(C)C.[HH]. The highest BCUT2D eigenvalue weighted by Gasteiger charge is 2.03. The van der Waals surface area contributed by atoms with Crippen LogP contribution in [0.4, 0.5) is 0 Å². The monoisotopic (exact) mass is 245 g/mol. The highest BCUT2D eigenvalue weighted by Crippen LogP contribution is 2.02. The molecule has 0 heterocycles. The Morgan fingerprint density at radius 1 is 1.12 bits per heavy atom. The Labute approximate surface area is 108 Å². The van der Waals surface area contributed by atoms with Crippen LogP contribution in [0.5, 0.6) is 0 Å². The first-order valence-corrected chi connectivity index (χ1v) is 6.90. The van der Waals surface area contributed by atoms with Crippen molar-refractivity contribution in [3.8, 4) is 0 Å². The second-order valence-electron chi connectivity index (χ2n) is 5.28. The maximum absolute atomic E-state index is 11.3. The first-order chi connectivity index (χ1) is 8.02. The molecule has 17 heavy (non-hydrogen) atoms. The van der Waals surface area contributed by atoms with E-state index < -0.39 is 0 Å². The average Bonchev–Trinajstić information content (AvgIpc) is 2.20. The quantitative estimate of drug-likeness (QED) is 0.599. The van der Waals surface area contributed by atoms with Gasteiger partial charge < -0.3 is 10.1 Å². The van der Waals surface area contributed by atoms with Crippen LogP contribution in [0, 0.1) is 5.92 Å². The van der Waals surface area contributed by atoms with Crippen molar-refractivity contribution < 1.29 is 11.0 Å². The Bertz CT molecular complexity index is 196. The van der Waals surface area contributed by atoms with Gasteiger partial charge in [-0.1, -0.05) is 26.7 Å². The van der Waals surface area contributed by atoms with Crippen LogP contribution in [0.2, 0.25) is 0 Å². The summed E-state index contributed by atoms with van der Waals surface area (Å²) in [6.07, 6.45) is 5.53. The summed E-state index contributed by atoms with van der Waals surface area (Å²) in [5.74, 6) is 0.631. The van der Waals surface area contributed by atoms with Gasteiger partial charge in [0.1, 0.15) is 0 Å². The van der Waals surface area contributed by atoms with Crippen molar-refractivity contribution in [3.63, 3.8) is 0 Å². The minimum atomic E-state index is 0. The summed E-state index contributed by atoms with van der Waals surface area (Å²) in [6.45, 7) is 9.92. The second kappa shape index (κ2) is 10.6. The van der Waals surface area contributed by atoms with Crippen molar-refractivity contribution in [1.29, 1.82) is 0 Å². The molecule has 3 nitrogen and oxygen atoms in total. The summed E-state index contributed by atoms with van der Waals surface area (Å²) in [5, 5.41) is 2.95. The number of carbonyl (C=O) groups is 1. The fraction of sp³-hybridized carbons (Fsp3) is 0.929. The molecular weight excluding hydrogens is 214 g/mol. The number of carbonyl (C=O) groups excluding carboxylic acids is 1. The number of hydrogen-bond acceptors (Lipinski definition) is 2. The highest BCUT2D eigenvalue weighted by molar-refractivity contribution is 5.75. The van der Waals surface area contributed by atoms with E-state index in [2.05, 4.69) is 33.0 Å². The van der Waals surface area contributed by atoms with Crippen LogP contribution in [0.1, 0.15) is 61.2 Å². The number of hydrogen-bond donors (Lipinski definition) is 1. The predicted molar refractivity (Wildman–Crippen MR) is 74.1 cm³/mol. The molecule has 0 spiro atoms. The predicted octanol–water partition coefficient (Wildman–Crippen LogP) is 3.38. The molecule has 1 N–H and O–H groups in total. The van der Waals surface area contributed by atoms with Gasteiger partial charge >= 0.3 is 0 Å². The van der Waals surface area contributed by atoms with Crippen LogP contribution in [0.15, 0.2) is 0 Å². The van der Waals surface area contributed by atoms with Crippen LogP contribution in [-0.2, 0) is 9.53 Å². The molecule has 0 saturated carbocycles. The Balaban J connectivity index is 0. The Kier molecular flexibility index (Phi) is 10.2. The van der Waals surface area contributed by atoms with Crippen molar-refractivity contribution >= 4 is 5.91 Å². The molecular formula is C14H31NO2. The zero-order valence-corrected chi connectivity index (χ0v) is 11.9. The molecule has 0 unspecified atom stereocenters. The van der Waals surface area contributed by atoms with Crippen LogP contribution in [0.3, 0.4) is 0 Å². The van der Waals surface area contributed by atoms with Gasteiger partial charge in [-0.3, -0.25) is 4.79 Å². The molecule has 0 aromatic carbocycles. The first-order valence-electron chi connectivity index (χ1n) is 6.90. The third kappa shape index (κ3) is 13.4. The maximum atomic E-state index is 11.3. The molecule has 0 aromatic heterocycles. The Morgan fingerprint density at radius 2 is 1.76 bits per heavy atom.